The minimum Gasteiger partial charge on any atom is -0.496 e. The van der Waals surface area contributed by atoms with Gasteiger partial charge in [0.15, 0.2) is 0 Å². The summed E-state index contributed by atoms with van der Waals surface area (Å²) in [7, 11) is 1.59. The number of aryl methyl sites for hydroxylation is 1. The Morgan fingerprint density at radius 2 is 1.91 bits per heavy atom. The smallest absolute Gasteiger partial charge is 0.259 e. The Hall–Kier alpha value is -2.82. The number of nitrogens with one attached hydrogen (secondary N) is 2. The number of anilines is 1. The molecule has 0 aliphatic rings. The van der Waals surface area contributed by atoms with Crippen LogP contribution in [-0.2, 0) is 4.79 Å². The first-order chi connectivity index (χ1) is 10.7. The maximum absolute atomic E-state index is 11.8. The molecule has 0 aliphatic carbocycles. The SMILES string of the molecule is COc1ccccc1/C=N/NC(=O)CNc1ccccc1C. The molecule has 2 N–H and O–H groups in total. The highest BCUT2D eigenvalue weighted by Gasteiger charge is 2.02. The van der Waals surface area contributed by atoms with Crippen molar-refractivity contribution in [3.05, 3.63) is 59.7 Å². The van der Waals surface area contributed by atoms with Gasteiger partial charge in [0.2, 0.25) is 0 Å². The van der Waals surface area contributed by atoms with E-state index < -0.39 is 0 Å². The molecule has 2 aromatic carbocycles. The van der Waals surface area contributed by atoms with E-state index in [1.807, 2.05) is 55.5 Å². The topological polar surface area (TPSA) is 62.7 Å². The molecule has 5 heteroatoms. The van der Waals surface area contributed by atoms with Crippen LogP contribution in [0.25, 0.3) is 0 Å². The molecule has 0 saturated heterocycles. The van der Waals surface area contributed by atoms with Crippen molar-refractivity contribution in [2.45, 2.75) is 6.92 Å². The van der Waals surface area contributed by atoms with E-state index in [0.717, 1.165) is 16.8 Å². The number of carbonyl (C=O) groups is 1. The summed E-state index contributed by atoms with van der Waals surface area (Å²) >= 11 is 0. The lowest BCUT2D eigenvalue weighted by molar-refractivity contribution is -0.119. The van der Waals surface area contributed by atoms with E-state index in [2.05, 4.69) is 15.8 Å². The summed E-state index contributed by atoms with van der Waals surface area (Å²) in [5.41, 5.74) is 5.31. The van der Waals surface area contributed by atoms with Crippen molar-refractivity contribution in [1.29, 1.82) is 0 Å². The van der Waals surface area contributed by atoms with Gasteiger partial charge in [-0.2, -0.15) is 5.10 Å². The summed E-state index contributed by atoms with van der Waals surface area (Å²) in [6, 6.07) is 15.3. The monoisotopic (exact) mass is 297 g/mol. The number of rotatable bonds is 6. The Bertz CT molecular complexity index is 668. The molecule has 114 valence electrons. The maximum atomic E-state index is 11.8. The zero-order chi connectivity index (χ0) is 15.8. The van der Waals surface area contributed by atoms with Crippen LogP contribution in [0.2, 0.25) is 0 Å². The molecule has 0 unspecified atom stereocenters. The number of ether oxygens (including phenoxy) is 1. The van der Waals surface area contributed by atoms with Gasteiger partial charge in [-0.3, -0.25) is 4.79 Å². The molecule has 0 radical (unpaired) electrons. The number of hydrazone groups is 1. The van der Waals surface area contributed by atoms with Crippen molar-refractivity contribution in [3.63, 3.8) is 0 Å². The molecule has 0 aromatic heterocycles. The molecular formula is C17H19N3O2. The number of hydrogen-bond donors (Lipinski definition) is 2. The van der Waals surface area contributed by atoms with Crippen molar-refractivity contribution in [1.82, 2.24) is 5.43 Å². The lowest BCUT2D eigenvalue weighted by Crippen LogP contribution is -2.26. The first-order valence-electron chi connectivity index (χ1n) is 6.95. The molecule has 0 saturated carbocycles. The standard InChI is InChI=1S/C17H19N3O2/c1-13-7-3-5-9-15(13)18-12-17(21)20-19-11-14-8-4-6-10-16(14)22-2/h3-11,18H,12H2,1-2H3,(H,20,21)/b19-11+. The molecule has 2 aromatic rings. The van der Waals surface area contributed by atoms with Crippen LogP contribution in [0.5, 0.6) is 5.75 Å². The molecule has 2 rings (SSSR count). The second-order valence-corrected chi connectivity index (χ2v) is 4.70. The Morgan fingerprint density at radius 1 is 1.18 bits per heavy atom. The largest absolute Gasteiger partial charge is 0.496 e. The molecule has 1 amide bonds. The van der Waals surface area contributed by atoms with Crippen LogP contribution in [-0.4, -0.2) is 25.8 Å². The van der Waals surface area contributed by atoms with E-state index >= 15 is 0 Å². The lowest BCUT2D eigenvalue weighted by Gasteiger charge is -2.08. The number of carbonyl (C=O) groups excluding carboxylic acids is 1. The molecule has 0 atom stereocenters. The first kappa shape index (κ1) is 15.6. The number of para-hydroxylation sites is 2. The van der Waals surface area contributed by atoms with Crippen LogP contribution >= 0.6 is 0 Å². The summed E-state index contributed by atoms with van der Waals surface area (Å²) < 4.78 is 5.21. The number of methoxy groups -OCH3 is 1. The van der Waals surface area contributed by atoms with E-state index in [0.29, 0.717) is 5.75 Å². The third-order valence-corrected chi connectivity index (χ3v) is 3.12. The van der Waals surface area contributed by atoms with Gasteiger partial charge in [0, 0.05) is 11.3 Å². The predicted molar refractivity (Wildman–Crippen MR) is 88.4 cm³/mol. The highest BCUT2D eigenvalue weighted by atomic mass is 16.5. The minimum atomic E-state index is -0.214. The van der Waals surface area contributed by atoms with E-state index in [4.69, 9.17) is 4.74 Å². The molecule has 0 aliphatic heterocycles. The van der Waals surface area contributed by atoms with Gasteiger partial charge in [0.05, 0.1) is 19.9 Å². The number of benzene rings is 2. The van der Waals surface area contributed by atoms with Gasteiger partial charge in [-0.05, 0) is 30.7 Å². The summed E-state index contributed by atoms with van der Waals surface area (Å²) in [4.78, 5) is 11.8. The average Bonchev–Trinajstić information content (AvgIpc) is 2.54. The van der Waals surface area contributed by atoms with Crippen molar-refractivity contribution >= 4 is 17.8 Å². The van der Waals surface area contributed by atoms with Crippen LogP contribution in [0.3, 0.4) is 0 Å². The number of amides is 1. The Balaban J connectivity index is 1.85. The summed E-state index contributed by atoms with van der Waals surface area (Å²) in [6.45, 7) is 2.15. The fraction of sp³-hybridized carbons (Fsp3) is 0.176. The Labute approximate surface area is 130 Å². The van der Waals surface area contributed by atoms with Crippen molar-refractivity contribution in [3.8, 4) is 5.75 Å². The normalized spacial score (nSPS) is 10.5. The average molecular weight is 297 g/mol. The van der Waals surface area contributed by atoms with Gasteiger partial charge >= 0.3 is 0 Å². The maximum Gasteiger partial charge on any atom is 0.259 e. The minimum absolute atomic E-state index is 0.161. The van der Waals surface area contributed by atoms with Crippen LogP contribution < -0.4 is 15.5 Å². The molecular weight excluding hydrogens is 278 g/mol. The van der Waals surface area contributed by atoms with E-state index in [-0.39, 0.29) is 12.5 Å². The molecule has 22 heavy (non-hydrogen) atoms. The van der Waals surface area contributed by atoms with E-state index in [1.165, 1.54) is 0 Å². The second kappa shape index (κ2) is 7.83. The molecule has 0 bridgehead atoms. The van der Waals surface area contributed by atoms with Crippen LogP contribution in [0.4, 0.5) is 5.69 Å². The van der Waals surface area contributed by atoms with Crippen molar-refractivity contribution in [2.24, 2.45) is 5.10 Å². The molecule has 0 heterocycles. The lowest BCUT2D eigenvalue weighted by atomic mass is 10.2. The Morgan fingerprint density at radius 3 is 2.68 bits per heavy atom. The van der Waals surface area contributed by atoms with Gasteiger partial charge in [-0.15, -0.1) is 0 Å². The summed E-state index contributed by atoms with van der Waals surface area (Å²) in [5, 5.41) is 7.01. The highest BCUT2D eigenvalue weighted by Crippen LogP contribution is 2.14. The number of hydrogen-bond acceptors (Lipinski definition) is 4. The van der Waals surface area contributed by atoms with Crippen molar-refractivity contribution in [2.75, 3.05) is 19.0 Å². The summed E-state index contributed by atoms with van der Waals surface area (Å²) in [6.07, 6.45) is 1.56. The second-order valence-electron chi connectivity index (χ2n) is 4.70. The van der Waals surface area contributed by atoms with Crippen LogP contribution in [0.1, 0.15) is 11.1 Å². The Kier molecular flexibility index (Phi) is 5.54. The van der Waals surface area contributed by atoms with Gasteiger partial charge in [0.1, 0.15) is 5.75 Å². The van der Waals surface area contributed by atoms with Crippen molar-refractivity contribution < 1.29 is 9.53 Å². The van der Waals surface area contributed by atoms with Crippen LogP contribution in [0.15, 0.2) is 53.6 Å². The van der Waals surface area contributed by atoms with Gasteiger partial charge in [-0.25, -0.2) is 5.43 Å². The fourth-order valence-electron chi connectivity index (χ4n) is 1.93. The van der Waals surface area contributed by atoms with E-state index in [1.54, 1.807) is 13.3 Å². The molecule has 0 fully saturated rings. The molecule has 0 spiro atoms. The van der Waals surface area contributed by atoms with E-state index in [9.17, 15) is 4.79 Å². The van der Waals surface area contributed by atoms with Gasteiger partial charge < -0.3 is 10.1 Å². The van der Waals surface area contributed by atoms with Gasteiger partial charge in [0.25, 0.3) is 5.91 Å². The third kappa shape index (κ3) is 4.34. The van der Waals surface area contributed by atoms with Gasteiger partial charge in [-0.1, -0.05) is 30.3 Å². The zero-order valence-electron chi connectivity index (χ0n) is 12.7. The quantitative estimate of drug-likeness (QED) is 0.636. The third-order valence-electron chi connectivity index (χ3n) is 3.12. The zero-order valence-corrected chi connectivity index (χ0v) is 12.7. The molecule has 5 nitrogen and oxygen atoms in total. The predicted octanol–water partition coefficient (Wildman–Crippen LogP) is 2.57. The number of nitrogens with zero attached hydrogens (tertiary/aromatic N) is 1. The first-order valence-corrected chi connectivity index (χ1v) is 6.95. The summed E-state index contributed by atoms with van der Waals surface area (Å²) in [5.74, 6) is 0.493. The highest BCUT2D eigenvalue weighted by molar-refractivity contribution is 5.86. The van der Waals surface area contributed by atoms with Crippen LogP contribution in [0, 0.1) is 6.92 Å². The fourth-order valence-corrected chi connectivity index (χ4v) is 1.93.